The first kappa shape index (κ1) is 14.6. The van der Waals surface area contributed by atoms with Gasteiger partial charge >= 0.3 is 0 Å². The van der Waals surface area contributed by atoms with E-state index in [1.165, 1.54) is 0 Å². The highest BCUT2D eigenvalue weighted by Crippen LogP contribution is 2.31. The number of halogens is 1. The Morgan fingerprint density at radius 3 is 3.05 bits per heavy atom. The van der Waals surface area contributed by atoms with Crippen molar-refractivity contribution in [3.05, 3.63) is 18.3 Å². The van der Waals surface area contributed by atoms with Crippen LogP contribution in [0.25, 0.3) is 0 Å². The Morgan fingerprint density at radius 1 is 1.58 bits per heavy atom. The van der Waals surface area contributed by atoms with Crippen molar-refractivity contribution >= 4 is 21.7 Å². The maximum atomic E-state index is 6.02. The number of aromatic nitrogens is 1. The number of nitrogens with zero attached hydrogens (tertiary/aromatic N) is 2. The predicted octanol–water partition coefficient (Wildman–Crippen LogP) is 2.86. The smallest absolute Gasteiger partial charge is 0.171 e. The Kier molecular flexibility index (Phi) is 4.68. The van der Waals surface area contributed by atoms with E-state index in [2.05, 4.69) is 39.7 Å². The van der Waals surface area contributed by atoms with Crippen LogP contribution in [0.5, 0.6) is 5.75 Å². The maximum Gasteiger partial charge on any atom is 0.171 e. The molecule has 0 N–H and O–H groups in total. The van der Waals surface area contributed by atoms with Crippen molar-refractivity contribution in [1.29, 1.82) is 0 Å². The molecule has 1 atom stereocenters. The number of anilines is 1. The molecule has 2 rings (SSSR count). The van der Waals surface area contributed by atoms with Gasteiger partial charge in [0.25, 0.3) is 0 Å². The third-order valence-electron chi connectivity index (χ3n) is 3.00. The monoisotopic (exact) mass is 328 g/mol. The molecule has 1 aliphatic rings. The van der Waals surface area contributed by atoms with Crippen molar-refractivity contribution < 1.29 is 9.47 Å². The van der Waals surface area contributed by atoms with Gasteiger partial charge < -0.3 is 14.4 Å². The van der Waals surface area contributed by atoms with E-state index in [-0.39, 0.29) is 11.7 Å². The van der Waals surface area contributed by atoms with Crippen LogP contribution in [0.15, 0.2) is 18.3 Å². The molecular formula is C14H21BrN2O2. The van der Waals surface area contributed by atoms with E-state index in [9.17, 15) is 0 Å². The zero-order valence-corrected chi connectivity index (χ0v) is 13.3. The van der Waals surface area contributed by atoms with Gasteiger partial charge in [-0.15, -0.1) is 0 Å². The second-order valence-corrected chi connectivity index (χ2v) is 5.94. The van der Waals surface area contributed by atoms with Gasteiger partial charge in [-0.1, -0.05) is 15.9 Å². The normalized spacial score (nSPS) is 22.3. The molecule has 0 aliphatic carbocycles. The molecule has 0 aromatic carbocycles. The molecule has 1 saturated heterocycles. The number of pyridine rings is 1. The Bertz CT molecular complexity index is 426. The van der Waals surface area contributed by atoms with Crippen LogP contribution >= 0.6 is 15.9 Å². The fourth-order valence-corrected chi connectivity index (χ4v) is 2.76. The average molecular weight is 329 g/mol. The molecule has 0 radical (unpaired) electrons. The van der Waals surface area contributed by atoms with Crippen molar-refractivity contribution in [2.75, 3.05) is 29.9 Å². The first-order valence-corrected chi connectivity index (χ1v) is 7.74. The molecule has 2 heterocycles. The molecule has 5 heteroatoms. The van der Waals surface area contributed by atoms with Crippen LogP contribution in [-0.4, -0.2) is 41.7 Å². The summed E-state index contributed by atoms with van der Waals surface area (Å²) in [5.41, 5.74) is -0.183. The molecule has 0 saturated carbocycles. The van der Waals surface area contributed by atoms with Gasteiger partial charge in [-0.25, -0.2) is 4.98 Å². The largest absolute Gasteiger partial charge is 0.490 e. The van der Waals surface area contributed by atoms with Crippen molar-refractivity contribution in [3.8, 4) is 5.75 Å². The third kappa shape index (κ3) is 3.60. The Labute approximate surface area is 123 Å². The van der Waals surface area contributed by atoms with Gasteiger partial charge in [-0.05, 0) is 32.9 Å². The Hall–Kier alpha value is -0.810. The fraction of sp³-hybridized carbons (Fsp3) is 0.643. The summed E-state index contributed by atoms with van der Waals surface area (Å²) in [6, 6.07) is 3.87. The van der Waals surface area contributed by atoms with Gasteiger partial charge in [0.05, 0.1) is 18.3 Å². The van der Waals surface area contributed by atoms with E-state index in [0.717, 1.165) is 30.0 Å². The fourth-order valence-electron chi connectivity index (χ4n) is 2.43. The number of alkyl halides is 1. The first-order valence-electron chi connectivity index (χ1n) is 6.62. The van der Waals surface area contributed by atoms with Crippen molar-refractivity contribution in [2.45, 2.75) is 32.5 Å². The van der Waals surface area contributed by atoms with E-state index < -0.39 is 0 Å². The number of hydrogen-bond donors (Lipinski definition) is 0. The minimum absolute atomic E-state index is 0.167. The summed E-state index contributed by atoms with van der Waals surface area (Å²) in [4.78, 5) is 6.74. The van der Waals surface area contributed by atoms with Crippen molar-refractivity contribution in [3.63, 3.8) is 0 Å². The molecule has 1 aromatic rings. The van der Waals surface area contributed by atoms with E-state index in [4.69, 9.17) is 9.47 Å². The molecule has 0 spiro atoms. The standard InChI is InChI=1S/C14H21BrN2O2/c1-4-18-12-6-5-7-16-13(12)17-9-11(8-15)19-14(2,3)10-17/h5-7,11H,4,8-10H2,1-3H3. The van der Waals surface area contributed by atoms with E-state index in [1.807, 2.05) is 25.3 Å². The SMILES string of the molecule is CCOc1cccnc1N1CC(CBr)OC(C)(C)C1. The molecular weight excluding hydrogens is 308 g/mol. The van der Waals surface area contributed by atoms with Crippen LogP contribution < -0.4 is 9.64 Å². The van der Waals surface area contributed by atoms with Crippen LogP contribution in [0.3, 0.4) is 0 Å². The van der Waals surface area contributed by atoms with E-state index in [0.29, 0.717) is 6.61 Å². The van der Waals surface area contributed by atoms with Gasteiger partial charge in [0.1, 0.15) is 0 Å². The average Bonchev–Trinajstić information content (AvgIpc) is 2.38. The summed E-state index contributed by atoms with van der Waals surface area (Å²) in [7, 11) is 0. The number of morpholine rings is 1. The van der Waals surface area contributed by atoms with Gasteiger partial charge in [-0.3, -0.25) is 0 Å². The highest BCUT2D eigenvalue weighted by Gasteiger charge is 2.34. The summed E-state index contributed by atoms with van der Waals surface area (Å²) in [5, 5.41) is 0.823. The minimum Gasteiger partial charge on any atom is -0.490 e. The molecule has 0 bridgehead atoms. The molecule has 1 fully saturated rings. The van der Waals surface area contributed by atoms with Crippen molar-refractivity contribution in [1.82, 2.24) is 4.98 Å². The zero-order valence-electron chi connectivity index (χ0n) is 11.7. The van der Waals surface area contributed by atoms with Gasteiger partial charge in [0.15, 0.2) is 11.6 Å². The summed E-state index contributed by atoms with van der Waals surface area (Å²) < 4.78 is 11.7. The van der Waals surface area contributed by atoms with Gasteiger partial charge in [0.2, 0.25) is 0 Å². The Balaban J connectivity index is 2.25. The number of ether oxygens (including phenoxy) is 2. The molecule has 0 amide bonds. The van der Waals surface area contributed by atoms with Crippen LogP contribution in [0.4, 0.5) is 5.82 Å². The van der Waals surface area contributed by atoms with E-state index in [1.54, 1.807) is 0 Å². The lowest BCUT2D eigenvalue weighted by atomic mass is 10.1. The van der Waals surface area contributed by atoms with Gasteiger partial charge in [0, 0.05) is 24.6 Å². The first-order chi connectivity index (χ1) is 9.05. The van der Waals surface area contributed by atoms with Crippen LogP contribution in [0.1, 0.15) is 20.8 Å². The van der Waals surface area contributed by atoms with Crippen molar-refractivity contribution in [2.24, 2.45) is 0 Å². The lowest BCUT2D eigenvalue weighted by molar-refractivity contribution is -0.0726. The summed E-state index contributed by atoms with van der Waals surface area (Å²) in [5.74, 6) is 1.75. The molecule has 19 heavy (non-hydrogen) atoms. The van der Waals surface area contributed by atoms with E-state index >= 15 is 0 Å². The summed E-state index contributed by atoms with van der Waals surface area (Å²) in [6.45, 7) is 8.49. The third-order valence-corrected chi connectivity index (χ3v) is 3.73. The highest BCUT2D eigenvalue weighted by atomic mass is 79.9. The van der Waals surface area contributed by atoms with Crippen LogP contribution in [0, 0.1) is 0 Å². The highest BCUT2D eigenvalue weighted by molar-refractivity contribution is 9.09. The van der Waals surface area contributed by atoms with Gasteiger partial charge in [-0.2, -0.15) is 0 Å². The second-order valence-electron chi connectivity index (χ2n) is 5.29. The van der Waals surface area contributed by atoms with Crippen LogP contribution in [-0.2, 0) is 4.74 Å². The lowest BCUT2D eigenvalue weighted by Gasteiger charge is -2.43. The molecule has 1 aromatic heterocycles. The maximum absolute atomic E-state index is 6.02. The Morgan fingerprint density at radius 2 is 2.37 bits per heavy atom. The quantitative estimate of drug-likeness (QED) is 0.796. The molecule has 1 aliphatic heterocycles. The molecule has 106 valence electrons. The second kappa shape index (κ2) is 6.09. The number of hydrogen-bond acceptors (Lipinski definition) is 4. The minimum atomic E-state index is -0.183. The summed E-state index contributed by atoms with van der Waals surface area (Å²) in [6.07, 6.45) is 1.98. The number of rotatable bonds is 4. The zero-order chi connectivity index (χ0) is 13.9. The molecule has 4 nitrogen and oxygen atoms in total. The van der Waals surface area contributed by atoms with Crippen LogP contribution in [0.2, 0.25) is 0 Å². The summed E-state index contributed by atoms with van der Waals surface area (Å²) >= 11 is 3.51. The molecule has 1 unspecified atom stereocenters. The topological polar surface area (TPSA) is 34.6 Å². The lowest BCUT2D eigenvalue weighted by Crippen LogP contribution is -2.53. The predicted molar refractivity (Wildman–Crippen MR) is 80.4 cm³/mol.